The van der Waals surface area contributed by atoms with Crippen LogP contribution in [0, 0.1) is 0 Å². The molecule has 2 rings (SSSR count). The Hall–Kier alpha value is -2.19. The Balaban J connectivity index is 2.75. The van der Waals surface area contributed by atoms with Crippen LogP contribution in [0.15, 0.2) is 35.5 Å². The summed E-state index contributed by atoms with van der Waals surface area (Å²) < 4.78 is 5.09. The molecule has 0 fully saturated rings. The Labute approximate surface area is 86.2 Å². The molecule has 0 aliphatic carbocycles. The number of pyridine rings is 1. The lowest BCUT2D eigenvalue weighted by Gasteiger charge is -2.02. The molecule has 0 spiro atoms. The molecule has 4 heteroatoms. The molecule has 1 aromatic heterocycles. The molecule has 1 heterocycles. The van der Waals surface area contributed by atoms with Gasteiger partial charge in [0.15, 0.2) is 0 Å². The second-order valence-electron chi connectivity index (χ2n) is 2.92. The molecule has 0 radical (unpaired) electrons. The number of methoxy groups -OCH3 is 1. The zero-order valence-corrected chi connectivity index (χ0v) is 8.10. The number of rotatable bonds is 2. The number of isocyanates is 1. The third-order valence-corrected chi connectivity index (χ3v) is 2.09. The molecule has 0 saturated heterocycles. The summed E-state index contributed by atoms with van der Waals surface area (Å²) in [5.74, 6) is 0.706. The number of carbonyl (C=O) groups excluding carboxylic acids is 1. The van der Waals surface area contributed by atoms with E-state index in [9.17, 15) is 4.79 Å². The predicted molar refractivity (Wildman–Crippen MR) is 56.1 cm³/mol. The summed E-state index contributed by atoms with van der Waals surface area (Å²) in [6, 6.07) is 7.08. The molecular weight excluding hydrogens is 192 g/mol. The van der Waals surface area contributed by atoms with Crippen molar-refractivity contribution in [3.63, 3.8) is 0 Å². The van der Waals surface area contributed by atoms with Crippen LogP contribution in [0.1, 0.15) is 0 Å². The quantitative estimate of drug-likeness (QED) is 0.551. The summed E-state index contributed by atoms with van der Waals surface area (Å²) in [6.45, 7) is 0. The van der Waals surface area contributed by atoms with E-state index in [0.717, 1.165) is 10.9 Å². The van der Waals surface area contributed by atoms with Gasteiger partial charge in [-0.15, -0.1) is 0 Å². The minimum atomic E-state index is 0.550. The van der Waals surface area contributed by atoms with E-state index >= 15 is 0 Å². The average Bonchev–Trinajstić information content (AvgIpc) is 2.29. The van der Waals surface area contributed by atoms with Gasteiger partial charge in [0, 0.05) is 11.6 Å². The summed E-state index contributed by atoms with van der Waals surface area (Å²) in [5.41, 5.74) is 1.32. The third-order valence-electron chi connectivity index (χ3n) is 2.09. The van der Waals surface area contributed by atoms with Gasteiger partial charge >= 0.3 is 0 Å². The summed E-state index contributed by atoms with van der Waals surface area (Å²) in [5, 5.41) is 0.778. The third kappa shape index (κ3) is 1.71. The van der Waals surface area contributed by atoms with Crippen LogP contribution in [-0.2, 0) is 4.79 Å². The average molecular weight is 200 g/mol. The zero-order valence-electron chi connectivity index (χ0n) is 8.10. The van der Waals surface area contributed by atoms with Crippen LogP contribution >= 0.6 is 0 Å². The fraction of sp³-hybridized carbons (Fsp3) is 0.0909. The normalized spacial score (nSPS) is 9.67. The van der Waals surface area contributed by atoms with Crippen LogP contribution in [0.2, 0.25) is 0 Å². The van der Waals surface area contributed by atoms with Crippen molar-refractivity contribution < 1.29 is 9.53 Å². The van der Waals surface area contributed by atoms with Gasteiger partial charge in [0.1, 0.15) is 5.75 Å². The SMILES string of the molecule is COc1ccc2nccc(N=C=O)c2c1. The molecule has 0 bridgehead atoms. The number of aromatic nitrogens is 1. The zero-order chi connectivity index (χ0) is 10.7. The van der Waals surface area contributed by atoms with E-state index < -0.39 is 0 Å². The first-order valence-electron chi connectivity index (χ1n) is 4.36. The maximum atomic E-state index is 10.2. The van der Waals surface area contributed by atoms with Crippen LogP contribution < -0.4 is 4.74 Å². The van der Waals surface area contributed by atoms with Crippen molar-refractivity contribution in [2.45, 2.75) is 0 Å². The fourth-order valence-electron chi connectivity index (χ4n) is 1.38. The number of aliphatic imine (C=N–C) groups is 1. The highest BCUT2D eigenvalue weighted by Crippen LogP contribution is 2.27. The first-order chi connectivity index (χ1) is 7.35. The first-order valence-corrected chi connectivity index (χ1v) is 4.36. The van der Waals surface area contributed by atoms with Gasteiger partial charge in [-0.2, -0.15) is 4.99 Å². The largest absolute Gasteiger partial charge is 0.497 e. The topological polar surface area (TPSA) is 51.6 Å². The monoisotopic (exact) mass is 200 g/mol. The number of nitrogens with zero attached hydrogens (tertiary/aromatic N) is 2. The minimum Gasteiger partial charge on any atom is -0.497 e. The molecule has 0 aliphatic rings. The molecule has 4 nitrogen and oxygen atoms in total. The molecule has 0 amide bonds. The lowest BCUT2D eigenvalue weighted by Crippen LogP contribution is -1.84. The van der Waals surface area contributed by atoms with E-state index in [1.807, 2.05) is 12.1 Å². The van der Waals surface area contributed by atoms with Crippen LogP contribution in [0.25, 0.3) is 10.9 Å². The molecule has 2 aromatic rings. The Morgan fingerprint density at radius 1 is 1.40 bits per heavy atom. The van der Waals surface area contributed by atoms with Crippen molar-refractivity contribution in [2.24, 2.45) is 4.99 Å². The van der Waals surface area contributed by atoms with Gasteiger partial charge in [-0.3, -0.25) is 4.98 Å². The van der Waals surface area contributed by atoms with Crippen LogP contribution in [0.3, 0.4) is 0 Å². The summed E-state index contributed by atoms with van der Waals surface area (Å²) in [4.78, 5) is 18.0. The van der Waals surface area contributed by atoms with Crippen molar-refractivity contribution in [3.8, 4) is 5.75 Å². The van der Waals surface area contributed by atoms with Gasteiger partial charge in [-0.25, -0.2) is 4.79 Å². The maximum Gasteiger partial charge on any atom is 0.240 e. The fourth-order valence-corrected chi connectivity index (χ4v) is 1.38. The van der Waals surface area contributed by atoms with Crippen molar-refractivity contribution in [1.29, 1.82) is 0 Å². The van der Waals surface area contributed by atoms with Gasteiger partial charge < -0.3 is 4.74 Å². The summed E-state index contributed by atoms with van der Waals surface area (Å²) in [6.07, 6.45) is 3.12. The van der Waals surface area contributed by atoms with Crippen molar-refractivity contribution in [2.75, 3.05) is 7.11 Å². The summed E-state index contributed by atoms with van der Waals surface area (Å²) in [7, 11) is 1.58. The summed E-state index contributed by atoms with van der Waals surface area (Å²) >= 11 is 0. The van der Waals surface area contributed by atoms with E-state index in [2.05, 4.69) is 9.98 Å². The number of hydrogen-bond acceptors (Lipinski definition) is 4. The van der Waals surface area contributed by atoms with Crippen LogP contribution in [0.4, 0.5) is 5.69 Å². The number of fused-ring (bicyclic) bond motifs is 1. The highest BCUT2D eigenvalue weighted by Gasteiger charge is 2.02. The highest BCUT2D eigenvalue weighted by atomic mass is 16.5. The number of hydrogen-bond donors (Lipinski definition) is 0. The molecule has 15 heavy (non-hydrogen) atoms. The molecular formula is C11H8N2O2. The van der Waals surface area contributed by atoms with Crippen molar-refractivity contribution in [3.05, 3.63) is 30.5 Å². The minimum absolute atomic E-state index is 0.550. The molecule has 0 atom stereocenters. The smallest absolute Gasteiger partial charge is 0.240 e. The maximum absolute atomic E-state index is 10.2. The number of ether oxygens (including phenoxy) is 1. The molecule has 74 valence electrons. The standard InChI is InChI=1S/C11H8N2O2/c1-15-8-2-3-10-9(6-8)11(13-7-14)4-5-12-10/h2-6H,1H3. The lowest BCUT2D eigenvalue weighted by molar-refractivity contribution is 0.415. The predicted octanol–water partition coefficient (Wildman–Crippen LogP) is 2.21. The molecule has 0 aliphatic heterocycles. The van der Waals surface area contributed by atoms with Crippen LogP contribution in [-0.4, -0.2) is 18.2 Å². The van der Waals surface area contributed by atoms with E-state index in [0.29, 0.717) is 11.4 Å². The Morgan fingerprint density at radius 2 is 2.27 bits per heavy atom. The first kappa shape index (κ1) is 9.37. The van der Waals surface area contributed by atoms with Crippen molar-refractivity contribution in [1.82, 2.24) is 4.98 Å². The molecule has 0 saturated carbocycles. The van der Waals surface area contributed by atoms with Gasteiger partial charge in [0.2, 0.25) is 6.08 Å². The molecule has 0 N–H and O–H groups in total. The second-order valence-corrected chi connectivity index (χ2v) is 2.92. The van der Waals surface area contributed by atoms with Gasteiger partial charge in [0.05, 0.1) is 18.3 Å². The van der Waals surface area contributed by atoms with Crippen LogP contribution in [0.5, 0.6) is 5.75 Å². The van der Waals surface area contributed by atoms with E-state index in [4.69, 9.17) is 4.74 Å². The van der Waals surface area contributed by atoms with Crippen molar-refractivity contribution >= 4 is 22.7 Å². The Kier molecular flexibility index (Phi) is 2.44. The Bertz CT molecular complexity index is 545. The highest BCUT2D eigenvalue weighted by molar-refractivity contribution is 5.91. The van der Waals surface area contributed by atoms with Gasteiger partial charge in [-0.05, 0) is 24.3 Å². The van der Waals surface area contributed by atoms with Gasteiger partial charge in [0.25, 0.3) is 0 Å². The lowest BCUT2D eigenvalue weighted by atomic mass is 10.2. The molecule has 1 aromatic carbocycles. The second kappa shape index (κ2) is 3.90. The van der Waals surface area contributed by atoms with E-state index in [-0.39, 0.29) is 0 Å². The Morgan fingerprint density at radius 3 is 3.00 bits per heavy atom. The van der Waals surface area contributed by atoms with E-state index in [1.165, 1.54) is 6.08 Å². The van der Waals surface area contributed by atoms with E-state index in [1.54, 1.807) is 25.4 Å². The molecule has 0 unspecified atom stereocenters. The number of benzene rings is 1. The van der Waals surface area contributed by atoms with Gasteiger partial charge in [-0.1, -0.05) is 0 Å².